The van der Waals surface area contributed by atoms with Crippen molar-refractivity contribution < 1.29 is 0 Å². The molecule has 0 radical (unpaired) electrons. The average Bonchev–Trinajstić information content (AvgIpc) is 2.99. The Morgan fingerprint density at radius 3 is 2.40 bits per heavy atom. The van der Waals surface area contributed by atoms with Gasteiger partial charge in [0, 0.05) is 28.7 Å². The van der Waals surface area contributed by atoms with Gasteiger partial charge in [0.05, 0.1) is 0 Å². The third-order valence-corrected chi connectivity index (χ3v) is 3.55. The van der Waals surface area contributed by atoms with Gasteiger partial charge in [-0.2, -0.15) is 0 Å². The van der Waals surface area contributed by atoms with E-state index in [4.69, 9.17) is 0 Å². The summed E-state index contributed by atoms with van der Waals surface area (Å²) in [7, 11) is 2.03. The average molecular weight is 269 g/mol. The van der Waals surface area contributed by atoms with Gasteiger partial charge in [0.25, 0.3) is 0 Å². The first-order valence-corrected chi connectivity index (χ1v) is 6.17. The molecule has 1 saturated carbocycles. The lowest BCUT2D eigenvalue weighted by Crippen LogP contribution is -2.26. The first kappa shape index (κ1) is 11.0. The van der Waals surface area contributed by atoms with E-state index in [-0.39, 0.29) is 0 Å². The summed E-state index contributed by atoms with van der Waals surface area (Å²) in [5, 5.41) is 6.77. The number of anilines is 1. The lowest BCUT2D eigenvalue weighted by atomic mass is 10.1. The Hall–Kier alpha value is -0.540. The third-order valence-electron chi connectivity index (χ3n) is 3.02. The van der Waals surface area contributed by atoms with Crippen molar-refractivity contribution in [2.45, 2.75) is 12.8 Å². The topological polar surface area (TPSA) is 24.1 Å². The van der Waals surface area contributed by atoms with E-state index in [9.17, 15) is 0 Å². The van der Waals surface area contributed by atoms with Crippen LogP contribution in [0.25, 0.3) is 0 Å². The monoisotopic (exact) mass is 268 g/mol. The van der Waals surface area contributed by atoms with Gasteiger partial charge in [-0.05, 0) is 44.2 Å². The van der Waals surface area contributed by atoms with Gasteiger partial charge < -0.3 is 10.6 Å². The number of rotatable bonds is 5. The first-order chi connectivity index (χ1) is 7.24. The Labute approximate surface area is 99.6 Å². The van der Waals surface area contributed by atoms with Crippen LogP contribution in [0.15, 0.2) is 28.7 Å². The molecule has 0 aliphatic heterocycles. The molecule has 0 bridgehead atoms. The van der Waals surface area contributed by atoms with Crippen LogP contribution in [-0.2, 0) is 0 Å². The summed E-state index contributed by atoms with van der Waals surface area (Å²) < 4.78 is 1.13. The lowest BCUT2D eigenvalue weighted by Gasteiger charge is -2.16. The molecule has 0 aromatic heterocycles. The highest BCUT2D eigenvalue weighted by Gasteiger charge is 2.41. The van der Waals surface area contributed by atoms with E-state index in [0.717, 1.165) is 17.6 Å². The maximum absolute atomic E-state index is 3.50. The molecule has 15 heavy (non-hydrogen) atoms. The number of benzene rings is 1. The van der Waals surface area contributed by atoms with Gasteiger partial charge in [-0.3, -0.25) is 0 Å². The van der Waals surface area contributed by atoms with E-state index in [1.165, 1.54) is 18.5 Å². The number of nitrogens with one attached hydrogen (secondary N) is 2. The molecule has 82 valence electrons. The summed E-state index contributed by atoms with van der Waals surface area (Å²) in [5.41, 5.74) is 1.72. The van der Waals surface area contributed by atoms with Crippen LogP contribution in [-0.4, -0.2) is 20.1 Å². The number of hydrogen-bond acceptors (Lipinski definition) is 2. The van der Waals surface area contributed by atoms with E-state index in [2.05, 4.69) is 50.8 Å². The molecule has 3 heteroatoms. The quantitative estimate of drug-likeness (QED) is 0.858. The minimum absolute atomic E-state index is 0.516. The van der Waals surface area contributed by atoms with Crippen LogP contribution in [0, 0.1) is 5.41 Å². The minimum Gasteiger partial charge on any atom is -0.384 e. The fourth-order valence-electron chi connectivity index (χ4n) is 1.83. The summed E-state index contributed by atoms with van der Waals surface area (Å²) >= 11 is 3.44. The normalized spacial score (nSPS) is 17.5. The molecule has 1 aromatic rings. The molecule has 1 aliphatic rings. The van der Waals surface area contributed by atoms with Crippen molar-refractivity contribution >= 4 is 21.6 Å². The van der Waals surface area contributed by atoms with Crippen LogP contribution in [0.4, 0.5) is 5.69 Å². The predicted molar refractivity (Wildman–Crippen MR) is 68.2 cm³/mol. The maximum atomic E-state index is 3.50. The summed E-state index contributed by atoms with van der Waals surface area (Å²) in [4.78, 5) is 0. The predicted octanol–water partition coefficient (Wildman–Crippen LogP) is 2.86. The Kier molecular flexibility index (Phi) is 3.32. The molecule has 0 heterocycles. The Morgan fingerprint density at radius 2 is 1.87 bits per heavy atom. The van der Waals surface area contributed by atoms with Crippen LogP contribution >= 0.6 is 15.9 Å². The molecule has 0 atom stereocenters. The Balaban J connectivity index is 1.85. The van der Waals surface area contributed by atoms with Crippen LogP contribution in [0.5, 0.6) is 0 Å². The molecule has 1 fully saturated rings. The van der Waals surface area contributed by atoms with Gasteiger partial charge in [-0.15, -0.1) is 0 Å². The lowest BCUT2D eigenvalue weighted by molar-refractivity contribution is 0.507. The first-order valence-electron chi connectivity index (χ1n) is 5.38. The van der Waals surface area contributed by atoms with Gasteiger partial charge in [0.2, 0.25) is 0 Å². The van der Waals surface area contributed by atoms with Crippen molar-refractivity contribution in [1.29, 1.82) is 0 Å². The van der Waals surface area contributed by atoms with Gasteiger partial charge in [-0.25, -0.2) is 0 Å². The summed E-state index contributed by atoms with van der Waals surface area (Å²) in [6.45, 7) is 2.20. The number of hydrogen-bond donors (Lipinski definition) is 2. The van der Waals surface area contributed by atoms with Crippen molar-refractivity contribution in [3.05, 3.63) is 28.7 Å². The second-order valence-corrected chi connectivity index (χ2v) is 5.31. The highest BCUT2D eigenvalue weighted by atomic mass is 79.9. The molecule has 0 unspecified atom stereocenters. The largest absolute Gasteiger partial charge is 0.384 e. The summed E-state index contributed by atoms with van der Waals surface area (Å²) in [6, 6.07) is 8.36. The summed E-state index contributed by atoms with van der Waals surface area (Å²) in [5.74, 6) is 0. The summed E-state index contributed by atoms with van der Waals surface area (Å²) in [6.07, 6.45) is 2.69. The maximum Gasteiger partial charge on any atom is 0.0341 e. The van der Waals surface area contributed by atoms with Gasteiger partial charge in [0.15, 0.2) is 0 Å². The van der Waals surface area contributed by atoms with Gasteiger partial charge in [0.1, 0.15) is 0 Å². The van der Waals surface area contributed by atoms with E-state index < -0.39 is 0 Å². The van der Waals surface area contributed by atoms with Crippen molar-refractivity contribution in [1.82, 2.24) is 5.32 Å². The van der Waals surface area contributed by atoms with Crippen molar-refractivity contribution in [3.63, 3.8) is 0 Å². The fourth-order valence-corrected chi connectivity index (χ4v) is 2.09. The molecule has 0 amide bonds. The zero-order chi connectivity index (χ0) is 10.7. The SMILES string of the molecule is CNCC1(CNc2ccc(Br)cc2)CC1. The van der Waals surface area contributed by atoms with Crippen molar-refractivity contribution in [2.24, 2.45) is 5.41 Å². The molecule has 2 rings (SSSR count). The molecular weight excluding hydrogens is 252 g/mol. The van der Waals surface area contributed by atoms with Gasteiger partial charge >= 0.3 is 0 Å². The highest BCUT2D eigenvalue weighted by Crippen LogP contribution is 2.44. The van der Waals surface area contributed by atoms with Gasteiger partial charge in [-0.1, -0.05) is 15.9 Å². The molecule has 2 N–H and O–H groups in total. The van der Waals surface area contributed by atoms with Crippen molar-refractivity contribution in [2.75, 3.05) is 25.5 Å². The molecule has 0 spiro atoms. The van der Waals surface area contributed by atoms with E-state index in [0.29, 0.717) is 5.41 Å². The van der Waals surface area contributed by atoms with E-state index >= 15 is 0 Å². The molecule has 0 saturated heterocycles. The van der Waals surface area contributed by atoms with E-state index in [1.54, 1.807) is 0 Å². The standard InChI is InChI=1S/C12H17BrN2/c1-14-8-12(6-7-12)9-15-11-4-2-10(13)3-5-11/h2-5,14-15H,6-9H2,1H3. The van der Waals surface area contributed by atoms with E-state index in [1.807, 2.05) is 7.05 Å². The minimum atomic E-state index is 0.516. The molecule has 1 aromatic carbocycles. The zero-order valence-corrected chi connectivity index (χ0v) is 10.6. The third kappa shape index (κ3) is 2.95. The highest BCUT2D eigenvalue weighted by molar-refractivity contribution is 9.10. The van der Waals surface area contributed by atoms with Crippen LogP contribution < -0.4 is 10.6 Å². The Morgan fingerprint density at radius 1 is 1.20 bits per heavy atom. The Bertz CT molecular complexity index is 317. The second kappa shape index (κ2) is 4.54. The van der Waals surface area contributed by atoms with Crippen LogP contribution in [0.1, 0.15) is 12.8 Å². The molecule has 2 nitrogen and oxygen atoms in total. The van der Waals surface area contributed by atoms with Crippen LogP contribution in [0.2, 0.25) is 0 Å². The fraction of sp³-hybridized carbons (Fsp3) is 0.500. The zero-order valence-electron chi connectivity index (χ0n) is 9.02. The second-order valence-electron chi connectivity index (χ2n) is 4.39. The molecular formula is C12H17BrN2. The number of halogens is 1. The smallest absolute Gasteiger partial charge is 0.0341 e. The van der Waals surface area contributed by atoms with Crippen LogP contribution in [0.3, 0.4) is 0 Å². The molecule has 1 aliphatic carbocycles. The van der Waals surface area contributed by atoms with Crippen molar-refractivity contribution in [3.8, 4) is 0 Å².